The van der Waals surface area contributed by atoms with E-state index in [-0.39, 0.29) is 11.9 Å². The lowest BCUT2D eigenvalue weighted by molar-refractivity contribution is -0.113. The van der Waals surface area contributed by atoms with Crippen LogP contribution in [0.25, 0.3) is 0 Å². The Morgan fingerprint density at radius 2 is 1.65 bits per heavy atom. The summed E-state index contributed by atoms with van der Waals surface area (Å²) in [5.74, 6) is -0.280. The third-order valence-corrected chi connectivity index (χ3v) is 5.39. The third kappa shape index (κ3) is 4.09. The highest BCUT2D eigenvalue weighted by Crippen LogP contribution is 2.37. The zero-order valence-corrected chi connectivity index (χ0v) is 18.1. The molecule has 2 aromatic carbocycles. The zero-order chi connectivity index (χ0) is 22.7. The first-order valence-electron chi connectivity index (χ1n) is 9.64. The molecule has 0 fully saturated rings. The standard InChI is InChI=1S/C23H25N3O5/c1-14-19(21(27)24-17-8-6-7-9-18(17)30-4)20(26(3)23(29)25(14)2)15-10-12-16(13-11-15)22(28)31-5/h6-13,20H,1-5H3,(H,24,27)/t20-/m0/s1. The molecule has 0 aromatic heterocycles. The van der Waals surface area contributed by atoms with E-state index in [0.29, 0.717) is 33.8 Å². The molecule has 1 heterocycles. The van der Waals surface area contributed by atoms with Gasteiger partial charge in [0.1, 0.15) is 5.75 Å². The maximum atomic E-state index is 13.4. The molecule has 8 heteroatoms. The van der Waals surface area contributed by atoms with E-state index in [0.717, 1.165) is 0 Å². The Morgan fingerprint density at radius 3 is 2.26 bits per heavy atom. The quantitative estimate of drug-likeness (QED) is 0.745. The van der Waals surface area contributed by atoms with Crippen molar-refractivity contribution in [2.45, 2.75) is 13.0 Å². The van der Waals surface area contributed by atoms with Crippen LogP contribution in [0.15, 0.2) is 59.8 Å². The molecule has 31 heavy (non-hydrogen) atoms. The van der Waals surface area contributed by atoms with E-state index in [4.69, 9.17) is 9.47 Å². The van der Waals surface area contributed by atoms with Gasteiger partial charge >= 0.3 is 12.0 Å². The molecule has 0 aliphatic carbocycles. The number of esters is 1. The molecule has 0 radical (unpaired) electrons. The second kappa shape index (κ2) is 8.91. The Labute approximate surface area is 181 Å². The number of methoxy groups -OCH3 is 2. The fourth-order valence-electron chi connectivity index (χ4n) is 3.60. The van der Waals surface area contributed by atoms with Crippen molar-refractivity contribution in [1.82, 2.24) is 9.80 Å². The Bertz CT molecular complexity index is 1050. The Hall–Kier alpha value is -3.81. The first-order valence-corrected chi connectivity index (χ1v) is 9.64. The van der Waals surface area contributed by atoms with E-state index in [9.17, 15) is 14.4 Å². The van der Waals surface area contributed by atoms with Crippen molar-refractivity contribution < 1.29 is 23.9 Å². The lowest BCUT2D eigenvalue weighted by Gasteiger charge is -2.40. The zero-order valence-electron chi connectivity index (χ0n) is 18.1. The van der Waals surface area contributed by atoms with E-state index in [2.05, 4.69) is 5.32 Å². The Kier molecular flexibility index (Phi) is 6.29. The molecular weight excluding hydrogens is 398 g/mol. The van der Waals surface area contributed by atoms with Crippen LogP contribution in [-0.4, -0.2) is 56.0 Å². The maximum absolute atomic E-state index is 13.4. The molecule has 162 valence electrons. The van der Waals surface area contributed by atoms with Gasteiger partial charge in [-0.2, -0.15) is 0 Å². The number of allylic oxidation sites excluding steroid dienone is 1. The van der Waals surface area contributed by atoms with Crippen molar-refractivity contribution in [2.75, 3.05) is 33.6 Å². The summed E-state index contributed by atoms with van der Waals surface area (Å²) in [7, 11) is 6.11. The number of rotatable bonds is 5. The molecule has 2 aromatic rings. The molecule has 0 spiro atoms. The second-order valence-electron chi connectivity index (χ2n) is 7.12. The SMILES string of the molecule is COC(=O)c1ccc([C@H]2C(C(=O)Nc3ccccc3OC)=C(C)N(C)C(=O)N2C)cc1. The van der Waals surface area contributed by atoms with Crippen molar-refractivity contribution in [2.24, 2.45) is 0 Å². The minimum atomic E-state index is -0.634. The van der Waals surface area contributed by atoms with E-state index >= 15 is 0 Å². The van der Waals surface area contributed by atoms with Crippen molar-refractivity contribution in [1.29, 1.82) is 0 Å². The number of urea groups is 1. The van der Waals surface area contributed by atoms with Gasteiger partial charge in [0.25, 0.3) is 5.91 Å². The van der Waals surface area contributed by atoms with Crippen LogP contribution < -0.4 is 10.1 Å². The maximum Gasteiger partial charge on any atom is 0.337 e. The first-order chi connectivity index (χ1) is 14.8. The van der Waals surface area contributed by atoms with Crippen LogP contribution in [0.3, 0.4) is 0 Å². The monoisotopic (exact) mass is 423 g/mol. The van der Waals surface area contributed by atoms with Gasteiger partial charge < -0.3 is 24.6 Å². The van der Waals surface area contributed by atoms with Crippen molar-refractivity contribution in [3.63, 3.8) is 0 Å². The lowest BCUT2D eigenvalue weighted by Crippen LogP contribution is -2.47. The molecule has 3 amide bonds. The van der Waals surface area contributed by atoms with Gasteiger partial charge in [-0.25, -0.2) is 9.59 Å². The van der Waals surface area contributed by atoms with E-state index < -0.39 is 12.0 Å². The van der Waals surface area contributed by atoms with Crippen LogP contribution in [-0.2, 0) is 9.53 Å². The molecular formula is C23H25N3O5. The van der Waals surface area contributed by atoms with Gasteiger partial charge in [-0.15, -0.1) is 0 Å². The molecule has 0 bridgehead atoms. The van der Waals surface area contributed by atoms with E-state index in [1.54, 1.807) is 63.5 Å². The molecule has 0 unspecified atom stereocenters. The number of carbonyl (C=O) groups excluding carboxylic acids is 3. The number of para-hydroxylation sites is 2. The van der Waals surface area contributed by atoms with Gasteiger partial charge in [0, 0.05) is 19.8 Å². The van der Waals surface area contributed by atoms with E-state index in [1.807, 2.05) is 6.07 Å². The highest BCUT2D eigenvalue weighted by Gasteiger charge is 2.38. The van der Waals surface area contributed by atoms with Crippen LogP contribution >= 0.6 is 0 Å². The summed E-state index contributed by atoms with van der Waals surface area (Å²) in [4.78, 5) is 40.9. The molecule has 0 saturated carbocycles. The number of ether oxygens (including phenoxy) is 2. The van der Waals surface area contributed by atoms with Crippen molar-refractivity contribution >= 4 is 23.6 Å². The van der Waals surface area contributed by atoms with Crippen LogP contribution in [0, 0.1) is 0 Å². The Morgan fingerprint density at radius 1 is 1.00 bits per heavy atom. The second-order valence-corrected chi connectivity index (χ2v) is 7.12. The molecule has 1 N–H and O–H groups in total. The molecule has 0 saturated heterocycles. The molecule has 1 aliphatic heterocycles. The number of hydrogen-bond donors (Lipinski definition) is 1. The average molecular weight is 423 g/mol. The van der Waals surface area contributed by atoms with Gasteiger partial charge in [0.15, 0.2) is 0 Å². The highest BCUT2D eigenvalue weighted by atomic mass is 16.5. The van der Waals surface area contributed by atoms with Gasteiger partial charge in [-0.3, -0.25) is 4.79 Å². The van der Waals surface area contributed by atoms with Gasteiger partial charge in [0.05, 0.1) is 37.1 Å². The van der Waals surface area contributed by atoms with Crippen molar-refractivity contribution in [3.8, 4) is 5.75 Å². The molecule has 8 nitrogen and oxygen atoms in total. The fraction of sp³-hybridized carbons (Fsp3) is 0.261. The summed E-state index contributed by atoms with van der Waals surface area (Å²) in [5, 5.41) is 2.90. The molecule has 1 aliphatic rings. The first kappa shape index (κ1) is 21.9. The van der Waals surface area contributed by atoms with Crippen LogP contribution in [0.4, 0.5) is 10.5 Å². The van der Waals surface area contributed by atoms with E-state index in [1.165, 1.54) is 24.0 Å². The van der Waals surface area contributed by atoms with Crippen LogP contribution in [0.2, 0.25) is 0 Å². The van der Waals surface area contributed by atoms with Crippen molar-refractivity contribution in [3.05, 3.63) is 70.9 Å². The summed E-state index contributed by atoms with van der Waals surface area (Å²) in [6.45, 7) is 1.73. The molecule has 1 atom stereocenters. The average Bonchev–Trinajstić information content (AvgIpc) is 2.79. The number of anilines is 1. The topological polar surface area (TPSA) is 88.2 Å². The third-order valence-electron chi connectivity index (χ3n) is 5.39. The Balaban J connectivity index is 2.04. The van der Waals surface area contributed by atoms with Crippen LogP contribution in [0.5, 0.6) is 5.75 Å². The fourth-order valence-corrected chi connectivity index (χ4v) is 3.60. The minimum Gasteiger partial charge on any atom is -0.495 e. The summed E-state index contributed by atoms with van der Waals surface area (Å²) in [6.07, 6.45) is 0. The number of likely N-dealkylation sites (N-methyl/N-ethyl adjacent to an activating group) is 1. The summed E-state index contributed by atoms with van der Waals surface area (Å²) >= 11 is 0. The predicted molar refractivity (Wildman–Crippen MR) is 116 cm³/mol. The van der Waals surface area contributed by atoms with Gasteiger partial charge in [0.2, 0.25) is 0 Å². The smallest absolute Gasteiger partial charge is 0.337 e. The number of benzene rings is 2. The van der Waals surface area contributed by atoms with Gasteiger partial charge in [-0.1, -0.05) is 24.3 Å². The lowest BCUT2D eigenvalue weighted by atomic mass is 9.92. The number of nitrogens with one attached hydrogen (secondary N) is 1. The minimum absolute atomic E-state index is 0.242. The largest absolute Gasteiger partial charge is 0.495 e. The highest BCUT2D eigenvalue weighted by molar-refractivity contribution is 6.07. The van der Waals surface area contributed by atoms with Crippen LogP contribution in [0.1, 0.15) is 28.9 Å². The predicted octanol–water partition coefficient (Wildman–Crippen LogP) is 3.43. The van der Waals surface area contributed by atoms with Gasteiger partial charge in [-0.05, 0) is 36.8 Å². The summed E-state index contributed by atoms with van der Waals surface area (Å²) < 4.78 is 10.1. The number of nitrogens with zero attached hydrogens (tertiary/aromatic N) is 2. The number of carbonyl (C=O) groups is 3. The normalized spacial score (nSPS) is 16.3. The number of hydrogen-bond acceptors (Lipinski definition) is 5. The summed E-state index contributed by atoms with van der Waals surface area (Å²) in [6, 6.07) is 12.9. The molecule has 3 rings (SSSR count). The summed E-state index contributed by atoms with van der Waals surface area (Å²) in [5.41, 5.74) is 2.56. The number of amides is 3.